The minimum absolute atomic E-state index is 0.290. The number of carbonyl (C=O) groups excluding carboxylic acids is 1. The van der Waals surface area contributed by atoms with Crippen molar-refractivity contribution in [2.45, 2.75) is 51.4 Å². The first kappa shape index (κ1) is 22.3. The molecule has 0 amide bonds. The first-order valence-electron chi connectivity index (χ1n) is 11.7. The molecule has 0 aliphatic carbocycles. The van der Waals surface area contributed by atoms with Crippen LogP contribution in [0.3, 0.4) is 0 Å². The number of carbonyl (C=O) groups is 1. The van der Waals surface area contributed by atoms with Crippen LogP contribution in [0.25, 0.3) is 11.3 Å². The van der Waals surface area contributed by atoms with Gasteiger partial charge in [-0.3, -0.25) is 4.79 Å². The van der Waals surface area contributed by atoms with E-state index in [0.717, 1.165) is 61.5 Å². The van der Waals surface area contributed by atoms with Crippen LogP contribution in [-0.2, 0) is 28.8 Å². The van der Waals surface area contributed by atoms with E-state index in [1.54, 1.807) is 7.11 Å². The van der Waals surface area contributed by atoms with Crippen LogP contribution in [0, 0.1) is 0 Å². The van der Waals surface area contributed by atoms with Crippen molar-refractivity contribution in [3.63, 3.8) is 0 Å². The number of methoxy groups -OCH3 is 1. The Kier molecular flexibility index (Phi) is 7.43. The van der Waals surface area contributed by atoms with Crippen molar-refractivity contribution in [1.29, 1.82) is 0 Å². The van der Waals surface area contributed by atoms with Crippen molar-refractivity contribution in [1.82, 2.24) is 4.98 Å². The average molecular weight is 432 g/mol. The van der Waals surface area contributed by atoms with Crippen LogP contribution in [0.2, 0.25) is 0 Å². The van der Waals surface area contributed by atoms with Gasteiger partial charge in [0.1, 0.15) is 11.5 Å². The first-order valence-corrected chi connectivity index (χ1v) is 11.7. The molecule has 1 N–H and O–H groups in total. The van der Waals surface area contributed by atoms with Crippen LogP contribution in [0.15, 0.2) is 54.7 Å². The molecular formula is C28H33NO3. The lowest BCUT2D eigenvalue weighted by Crippen LogP contribution is -2.14. The van der Waals surface area contributed by atoms with Gasteiger partial charge in [0.25, 0.3) is 0 Å². The second kappa shape index (κ2) is 10.6. The number of hydrogen-bond donors (Lipinski definition) is 1. The third-order valence-electron chi connectivity index (χ3n) is 6.56. The number of H-pyrrole nitrogens is 1. The molecule has 4 nitrogen and oxygen atoms in total. The van der Waals surface area contributed by atoms with Crippen molar-refractivity contribution in [2.24, 2.45) is 0 Å². The SMILES string of the molecule is CCc1c(CCC(=O)Cc2ccc(C3CCOCC3)cc2)c[nH]c1-c1ccc(OC)cc1. The molecule has 0 bridgehead atoms. The monoisotopic (exact) mass is 431 g/mol. The zero-order valence-corrected chi connectivity index (χ0v) is 19.2. The summed E-state index contributed by atoms with van der Waals surface area (Å²) in [5, 5.41) is 0. The van der Waals surface area contributed by atoms with Gasteiger partial charge in [0, 0.05) is 37.9 Å². The lowest BCUT2D eigenvalue weighted by molar-refractivity contribution is -0.118. The van der Waals surface area contributed by atoms with Crippen LogP contribution in [0.4, 0.5) is 0 Å². The van der Waals surface area contributed by atoms with Gasteiger partial charge >= 0.3 is 0 Å². The maximum absolute atomic E-state index is 12.7. The Balaban J connectivity index is 1.35. The molecule has 0 unspecified atom stereocenters. The summed E-state index contributed by atoms with van der Waals surface area (Å²) in [4.78, 5) is 16.1. The van der Waals surface area contributed by atoms with Gasteiger partial charge in [0.2, 0.25) is 0 Å². The molecule has 3 aromatic rings. The highest BCUT2D eigenvalue weighted by Crippen LogP contribution is 2.29. The van der Waals surface area contributed by atoms with Crippen LogP contribution < -0.4 is 4.74 Å². The van der Waals surface area contributed by atoms with Crippen LogP contribution in [-0.4, -0.2) is 31.1 Å². The highest BCUT2D eigenvalue weighted by molar-refractivity contribution is 5.81. The van der Waals surface area contributed by atoms with Crippen molar-refractivity contribution >= 4 is 5.78 Å². The second-order valence-corrected chi connectivity index (χ2v) is 8.59. The maximum Gasteiger partial charge on any atom is 0.137 e. The minimum Gasteiger partial charge on any atom is -0.497 e. The molecule has 168 valence electrons. The van der Waals surface area contributed by atoms with Gasteiger partial charge in [0.05, 0.1) is 7.11 Å². The molecule has 0 saturated carbocycles. The molecule has 0 spiro atoms. The standard InChI is InChI=1S/C28H33NO3/c1-3-27-24(19-29-28(27)23-9-12-26(31-2)13-10-23)8-11-25(30)18-20-4-6-21(7-5-20)22-14-16-32-17-15-22/h4-7,9-10,12-13,19,22,29H,3,8,11,14-18H2,1-2H3. The normalized spacial score (nSPS) is 14.4. The lowest BCUT2D eigenvalue weighted by Gasteiger charge is -2.22. The van der Waals surface area contributed by atoms with E-state index >= 15 is 0 Å². The number of nitrogens with one attached hydrogen (secondary N) is 1. The summed E-state index contributed by atoms with van der Waals surface area (Å²) in [6.45, 7) is 3.87. The molecule has 32 heavy (non-hydrogen) atoms. The van der Waals surface area contributed by atoms with E-state index in [9.17, 15) is 4.79 Å². The summed E-state index contributed by atoms with van der Waals surface area (Å²) in [5.74, 6) is 1.73. The fraction of sp³-hybridized carbons (Fsp3) is 0.393. The third-order valence-corrected chi connectivity index (χ3v) is 6.56. The second-order valence-electron chi connectivity index (χ2n) is 8.59. The molecule has 1 aliphatic heterocycles. The summed E-state index contributed by atoms with van der Waals surface area (Å²) in [6.07, 6.45) is 7.02. The zero-order valence-electron chi connectivity index (χ0n) is 19.2. The predicted octanol–water partition coefficient (Wildman–Crippen LogP) is 5.89. The quantitative estimate of drug-likeness (QED) is 0.459. The topological polar surface area (TPSA) is 51.3 Å². The molecule has 1 saturated heterocycles. The highest BCUT2D eigenvalue weighted by atomic mass is 16.5. The number of hydrogen-bond acceptors (Lipinski definition) is 3. The Morgan fingerprint density at radius 1 is 1.06 bits per heavy atom. The molecule has 2 heterocycles. The number of aryl methyl sites for hydroxylation is 1. The van der Waals surface area contributed by atoms with E-state index < -0.39 is 0 Å². The van der Waals surface area contributed by atoms with Gasteiger partial charge in [-0.05, 0) is 83.7 Å². The Bertz CT molecular complexity index is 1010. The fourth-order valence-electron chi connectivity index (χ4n) is 4.66. The largest absolute Gasteiger partial charge is 0.497 e. The van der Waals surface area contributed by atoms with Crippen LogP contribution in [0.5, 0.6) is 5.75 Å². The van der Waals surface area contributed by atoms with Crippen molar-refractivity contribution in [3.05, 3.63) is 77.0 Å². The molecule has 0 radical (unpaired) electrons. The summed E-state index contributed by atoms with van der Waals surface area (Å²) >= 11 is 0. The number of benzene rings is 2. The van der Waals surface area contributed by atoms with Gasteiger partial charge in [-0.25, -0.2) is 0 Å². The van der Waals surface area contributed by atoms with Gasteiger partial charge in [-0.15, -0.1) is 0 Å². The van der Waals surface area contributed by atoms with E-state index in [-0.39, 0.29) is 5.78 Å². The molecule has 4 rings (SSSR count). The minimum atomic E-state index is 0.290. The highest BCUT2D eigenvalue weighted by Gasteiger charge is 2.16. The molecule has 1 fully saturated rings. The number of aromatic amines is 1. The van der Waals surface area contributed by atoms with Crippen molar-refractivity contribution in [2.75, 3.05) is 20.3 Å². The first-order chi connectivity index (χ1) is 15.7. The lowest BCUT2D eigenvalue weighted by atomic mass is 9.90. The number of aromatic nitrogens is 1. The molecule has 1 aliphatic rings. The molecule has 4 heteroatoms. The van der Waals surface area contributed by atoms with E-state index in [1.165, 1.54) is 16.7 Å². The Morgan fingerprint density at radius 2 is 1.78 bits per heavy atom. The van der Waals surface area contributed by atoms with Crippen LogP contribution >= 0.6 is 0 Å². The summed E-state index contributed by atoms with van der Waals surface area (Å²) in [7, 11) is 1.68. The number of ketones is 1. The molecular weight excluding hydrogens is 398 g/mol. The fourth-order valence-corrected chi connectivity index (χ4v) is 4.66. The van der Waals surface area contributed by atoms with Crippen molar-refractivity contribution < 1.29 is 14.3 Å². The van der Waals surface area contributed by atoms with Gasteiger partial charge in [-0.2, -0.15) is 0 Å². The zero-order chi connectivity index (χ0) is 22.3. The van der Waals surface area contributed by atoms with E-state index in [0.29, 0.717) is 18.8 Å². The van der Waals surface area contributed by atoms with Crippen LogP contribution in [0.1, 0.15) is 54.4 Å². The Morgan fingerprint density at radius 3 is 2.44 bits per heavy atom. The van der Waals surface area contributed by atoms with Crippen molar-refractivity contribution in [3.8, 4) is 17.0 Å². The van der Waals surface area contributed by atoms with E-state index in [1.807, 2.05) is 12.1 Å². The maximum atomic E-state index is 12.7. The van der Waals surface area contributed by atoms with E-state index in [4.69, 9.17) is 9.47 Å². The van der Waals surface area contributed by atoms with Gasteiger partial charge in [-0.1, -0.05) is 31.2 Å². The Labute approximate surface area is 191 Å². The summed E-state index contributed by atoms with van der Waals surface area (Å²) in [5.41, 5.74) is 7.29. The Hall–Kier alpha value is -2.85. The summed E-state index contributed by atoms with van der Waals surface area (Å²) < 4.78 is 10.7. The molecule has 0 atom stereocenters. The number of ether oxygens (including phenoxy) is 2. The third kappa shape index (κ3) is 5.31. The number of Topliss-reactive ketones (excluding diaryl/α,β-unsaturated/α-hetero) is 1. The van der Waals surface area contributed by atoms with E-state index in [2.05, 4.69) is 54.5 Å². The number of rotatable bonds is 9. The smallest absolute Gasteiger partial charge is 0.137 e. The average Bonchev–Trinajstić information content (AvgIpc) is 3.27. The molecule has 2 aromatic carbocycles. The van der Waals surface area contributed by atoms with Gasteiger partial charge in [0.15, 0.2) is 0 Å². The molecule has 1 aromatic heterocycles. The summed E-state index contributed by atoms with van der Waals surface area (Å²) in [6, 6.07) is 16.7. The predicted molar refractivity (Wildman–Crippen MR) is 128 cm³/mol. The van der Waals surface area contributed by atoms with Gasteiger partial charge < -0.3 is 14.5 Å².